The van der Waals surface area contributed by atoms with E-state index < -0.39 is 63.8 Å². The fourth-order valence-corrected chi connectivity index (χ4v) is 13.8. The van der Waals surface area contributed by atoms with E-state index in [9.17, 15) is 40.2 Å². The number of aldehydes is 1. The lowest BCUT2D eigenvalue weighted by Crippen LogP contribution is -2.84. The van der Waals surface area contributed by atoms with Crippen LogP contribution in [0.25, 0.3) is 0 Å². The van der Waals surface area contributed by atoms with Crippen LogP contribution in [0.4, 0.5) is 0 Å². The van der Waals surface area contributed by atoms with E-state index in [0.717, 1.165) is 28.5 Å². The van der Waals surface area contributed by atoms with Crippen molar-refractivity contribution >= 4 is 12.3 Å². The molecular weight excluding hydrogens is 674 g/mol. The summed E-state index contributed by atoms with van der Waals surface area (Å²) in [5.41, 5.74) is -4.99. The Morgan fingerprint density at radius 3 is 2.60 bits per heavy atom. The number of aliphatic hydroxyl groups is 6. The second-order valence-electron chi connectivity index (χ2n) is 18.3. The van der Waals surface area contributed by atoms with Crippen molar-refractivity contribution < 1.29 is 45.0 Å². The number of nitrogens with one attached hydrogen (secondary N) is 1. The average molecular weight is 732 g/mol. The summed E-state index contributed by atoms with van der Waals surface area (Å²) in [6, 6.07) is 5.57. The van der Waals surface area contributed by atoms with Crippen molar-refractivity contribution in [2.75, 3.05) is 7.05 Å². The Balaban J connectivity index is 1.32. The van der Waals surface area contributed by atoms with E-state index in [1.54, 1.807) is 6.08 Å². The predicted molar refractivity (Wildman–Crippen MR) is 195 cm³/mol. The highest BCUT2D eigenvalue weighted by molar-refractivity contribution is 5.86. The van der Waals surface area contributed by atoms with Gasteiger partial charge in [-0.15, -0.1) is 0 Å². The highest BCUT2D eigenvalue weighted by atomic mass is 16.5. The molecule has 9 rings (SSSR count). The van der Waals surface area contributed by atoms with E-state index in [0.29, 0.717) is 44.9 Å². The number of carbonyl (C=O) groups excluding carboxylic acids is 2. The number of rotatable bonds is 6. The fraction of sp³-hybridized carbons (Fsp3) is 0.721. The molecule has 1 aromatic rings. The number of aliphatic hydroxyl groups excluding tert-OH is 3. The van der Waals surface area contributed by atoms with E-state index in [1.807, 2.05) is 39.1 Å². The van der Waals surface area contributed by atoms with Crippen molar-refractivity contribution in [3.63, 3.8) is 0 Å². The Morgan fingerprint density at radius 1 is 1.09 bits per heavy atom. The zero-order valence-electron chi connectivity index (χ0n) is 31.3. The highest BCUT2D eigenvalue weighted by Gasteiger charge is 2.84. The predicted octanol–water partition coefficient (Wildman–Crippen LogP) is 2.71. The fourth-order valence-electron chi connectivity index (χ4n) is 13.8. The van der Waals surface area contributed by atoms with Gasteiger partial charge in [0.2, 0.25) is 0 Å². The van der Waals surface area contributed by atoms with Crippen LogP contribution >= 0.6 is 0 Å². The zero-order valence-corrected chi connectivity index (χ0v) is 31.3. The minimum Gasteiger partial charge on any atom is -0.454 e. The van der Waals surface area contributed by atoms with Gasteiger partial charge in [-0.05, 0) is 105 Å². The SMILES string of the molecule is CN[C@H]1Cc2c(cccc2CO)C#CCC[C@]23CC[C@H]4[C@@](O)([C@@H](O)[C@@H](CCC(C)C)[C@]5(O)C[C@@H](O)CC[C@]45C=O)[C@@]2(O)C[C@H]2C[C@H]1[C@@H]1OC(=O)C=C1[C@@H]23. The summed E-state index contributed by atoms with van der Waals surface area (Å²) in [4.78, 5) is 26.9. The Bertz CT molecular complexity index is 1750. The van der Waals surface area contributed by atoms with Gasteiger partial charge >= 0.3 is 5.97 Å². The van der Waals surface area contributed by atoms with Gasteiger partial charge in [-0.25, -0.2) is 4.79 Å². The number of fused-ring (bicyclic) bond motifs is 7. The minimum absolute atomic E-state index is 0.0802. The number of benzene rings is 1. The molecule has 288 valence electrons. The van der Waals surface area contributed by atoms with Crippen molar-refractivity contribution in [3.05, 3.63) is 46.5 Å². The average Bonchev–Trinajstić information content (AvgIpc) is 3.63. The molecule has 10 nitrogen and oxygen atoms in total. The van der Waals surface area contributed by atoms with Crippen molar-refractivity contribution in [2.45, 2.75) is 139 Å². The minimum atomic E-state index is -2.18. The van der Waals surface area contributed by atoms with Gasteiger partial charge in [-0.3, -0.25) is 0 Å². The molecule has 10 heteroatoms. The lowest BCUT2D eigenvalue weighted by Gasteiger charge is -2.72. The van der Waals surface area contributed by atoms with Crippen LogP contribution in [-0.2, 0) is 27.4 Å². The Kier molecular flexibility index (Phi) is 9.13. The molecule has 0 radical (unpaired) electrons. The topological polar surface area (TPSA) is 177 Å². The third kappa shape index (κ3) is 4.90. The van der Waals surface area contributed by atoms with Crippen LogP contribution in [0.15, 0.2) is 29.8 Å². The lowest BCUT2D eigenvalue weighted by atomic mass is 9.36. The van der Waals surface area contributed by atoms with Crippen LogP contribution in [0.2, 0.25) is 0 Å². The lowest BCUT2D eigenvalue weighted by molar-refractivity contribution is -0.367. The number of hydrogen-bond donors (Lipinski definition) is 7. The summed E-state index contributed by atoms with van der Waals surface area (Å²) in [6.45, 7) is 3.96. The maximum absolute atomic E-state index is 13.8. The molecule has 53 heavy (non-hydrogen) atoms. The smallest absolute Gasteiger partial charge is 0.331 e. The molecule has 7 N–H and O–H groups in total. The van der Waals surface area contributed by atoms with Crippen LogP contribution in [-0.4, -0.2) is 91.1 Å². The summed E-state index contributed by atoms with van der Waals surface area (Å²) >= 11 is 0. The van der Waals surface area contributed by atoms with E-state index in [1.165, 1.54) is 0 Å². The molecule has 0 saturated heterocycles. The molecule has 1 heterocycles. The summed E-state index contributed by atoms with van der Waals surface area (Å²) in [5, 5.41) is 77.7. The Labute approximate surface area is 312 Å². The molecular formula is C43H57NO9. The van der Waals surface area contributed by atoms with Gasteiger partial charge in [0, 0.05) is 53.7 Å². The Morgan fingerprint density at radius 2 is 1.89 bits per heavy atom. The first kappa shape index (κ1) is 37.3. The summed E-state index contributed by atoms with van der Waals surface area (Å²) < 4.78 is 6.15. The van der Waals surface area contributed by atoms with Gasteiger partial charge in [-0.2, -0.15) is 0 Å². The summed E-state index contributed by atoms with van der Waals surface area (Å²) in [6.07, 6.45) is 3.29. The number of ether oxygens (including phenoxy) is 1. The largest absolute Gasteiger partial charge is 0.454 e. The first-order chi connectivity index (χ1) is 25.2. The van der Waals surface area contributed by atoms with Gasteiger partial charge in [0.25, 0.3) is 0 Å². The Hall–Kier alpha value is -2.62. The number of likely N-dealkylation sites (N-methyl/N-ethyl adjacent to an activating group) is 1. The van der Waals surface area contributed by atoms with Gasteiger partial charge in [0.15, 0.2) is 0 Å². The molecule has 14 atom stereocenters. The first-order valence-corrected chi connectivity index (χ1v) is 20.0. The third-order valence-corrected chi connectivity index (χ3v) is 16.0. The van der Waals surface area contributed by atoms with Crippen molar-refractivity contribution in [1.29, 1.82) is 0 Å². The van der Waals surface area contributed by atoms with Crippen molar-refractivity contribution in [2.24, 2.45) is 46.3 Å². The number of hydrogen-bond acceptors (Lipinski definition) is 10. The van der Waals surface area contributed by atoms with Crippen molar-refractivity contribution in [1.82, 2.24) is 5.32 Å². The first-order valence-electron chi connectivity index (χ1n) is 20.0. The molecule has 7 aliphatic carbocycles. The molecule has 4 bridgehead atoms. The van der Waals surface area contributed by atoms with Crippen LogP contribution in [0, 0.1) is 58.2 Å². The van der Waals surface area contributed by atoms with Crippen molar-refractivity contribution in [3.8, 4) is 11.8 Å². The summed E-state index contributed by atoms with van der Waals surface area (Å²) in [7, 11) is 1.88. The standard InChI is InChI=1S/C43H57NO9/c1-24(2)10-11-32-38(49)43(52)34(40(23-46)15-12-28(47)21-41(32,40)50)13-16-39-14-5-4-7-25-8-6-9-26(22-45)29(25)18-33(44-3)30-17-27(20-42(39,43)51)36(39)31-19-35(48)53-37(30)31/h6,8-9,19,23-24,27-28,30,32-34,36-38,44-45,47,49-52H,5,10-18,20-22H2,1-3H3/t27-,28+,30-,32-,33+,34-,36-,37+,38+,39-,40+,41-,42-,43-/m1/s1. The number of carbonyl (C=O) groups is 2. The second kappa shape index (κ2) is 13.0. The monoisotopic (exact) mass is 731 g/mol. The van der Waals surface area contributed by atoms with Crippen LogP contribution in [0.5, 0.6) is 0 Å². The normalized spacial score (nSPS) is 46.9. The molecule has 1 aliphatic heterocycles. The van der Waals surface area contributed by atoms with Gasteiger partial charge in [-0.1, -0.05) is 44.2 Å². The molecule has 5 saturated carbocycles. The maximum atomic E-state index is 13.8. The number of esters is 1. The van der Waals surface area contributed by atoms with Crippen LogP contribution in [0.3, 0.4) is 0 Å². The van der Waals surface area contributed by atoms with E-state index in [2.05, 4.69) is 17.2 Å². The van der Waals surface area contributed by atoms with Gasteiger partial charge in [0.05, 0.1) is 29.8 Å². The molecule has 0 unspecified atom stereocenters. The van der Waals surface area contributed by atoms with Gasteiger partial charge in [0.1, 0.15) is 23.6 Å². The quantitative estimate of drug-likeness (QED) is 0.131. The van der Waals surface area contributed by atoms with Crippen LogP contribution in [0.1, 0.15) is 101 Å². The molecule has 0 aromatic heterocycles. The molecule has 1 spiro atoms. The van der Waals surface area contributed by atoms with E-state index >= 15 is 0 Å². The highest BCUT2D eigenvalue weighted by Crippen LogP contribution is 2.76. The second-order valence-corrected chi connectivity index (χ2v) is 18.3. The van der Waals surface area contributed by atoms with Crippen LogP contribution < -0.4 is 5.32 Å². The summed E-state index contributed by atoms with van der Waals surface area (Å²) in [5.74, 6) is 3.87. The van der Waals surface area contributed by atoms with Gasteiger partial charge < -0.3 is 45.5 Å². The molecule has 5 fully saturated rings. The molecule has 1 aromatic carbocycles. The van der Waals surface area contributed by atoms with E-state index in [-0.39, 0.29) is 68.4 Å². The third-order valence-electron chi connectivity index (χ3n) is 16.0. The molecule has 8 aliphatic rings. The maximum Gasteiger partial charge on any atom is 0.331 e. The van der Waals surface area contributed by atoms with E-state index in [4.69, 9.17) is 4.74 Å². The molecule has 0 amide bonds. The zero-order chi connectivity index (χ0) is 37.7.